The van der Waals surface area contributed by atoms with Crippen LogP contribution in [-0.2, 0) is 13.0 Å². The Morgan fingerprint density at radius 3 is 1.42 bits per heavy atom. The number of aryl methyl sites for hydroxylation is 2. The summed E-state index contributed by atoms with van der Waals surface area (Å²) in [5.41, 5.74) is 20.1. The van der Waals surface area contributed by atoms with Crippen LogP contribution in [-0.4, -0.2) is 27.7 Å². The molecule has 2 N–H and O–H groups in total. The van der Waals surface area contributed by atoms with Crippen molar-refractivity contribution in [1.29, 1.82) is 0 Å². The molecule has 0 fully saturated rings. The van der Waals surface area contributed by atoms with Crippen LogP contribution in [0.5, 0.6) is 11.5 Å². The van der Waals surface area contributed by atoms with Crippen molar-refractivity contribution in [3.8, 4) is 11.5 Å². The van der Waals surface area contributed by atoms with Gasteiger partial charge in [0.1, 0.15) is 35.5 Å². The summed E-state index contributed by atoms with van der Waals surface area (Å²) in [6.45, 7) is 29.2. The minimum absolute atomic E-state index is 0.538. The second-order valence-corrected chi connectivity index (χ2v) is 26.7. The van der Waals surface area contributed by atoms with Gasteiger partial charge in [0.2, 0.25) is 0 Å². The molecular formula is C85H89N3O4. The van der Waals surface area contributed by atoms with Gasteiger partial charge < -0.3 is 32.8 Å². The lowest BCUT2D eigenvalue weighted by molar-refractivity contribution is 0.171. The van der Waals surface area contributed by atoms with E-state index in [1.54, 1.807) is 0 Å². The van der Waals surface area contributed by atoms with Crippen LogP contribution < -0.4 is 9.47 Å². The Morgan fingerprint density at radius 2 is 0.772 bits per heavy atom. The highest BCUT2D eigenvalue weighted by Crippen LogP contribution is 2.37. The van der Waals surface area contributed by atoms with Crippen LogP contribution in [0.4, 0.5) is 0 Å². The van der Waals surface area contributed by atoms with Crippen LogP contribution in [0.1, 0.15) is 164 Å². The zero-order valence-electron chi connectivity index (χ0n) is 55.8. The Kier molecular flexibility index (Phi) is 18.8. The van der Waals surface area contributed by atoms with E-state index in [0.29, 0.717) is 48.7 Å². The fourth-order valence-corrected chi connectivity index (χ4v) is 12.8. The van der Waals surface area contributed by atoms with Crippen molar-refractivity contribution in [2.75, 3.05) is 13.2 Å². The molecule has 0 unspecified atom stereocenters. The second-order valence-electron chi connectivity index (χ2n) is 26.7. The summed E-state index contributed by atoms with van der Waals surface area (Å²) in [6, 6.07) is 75.0. The molecule has 92 heavy (non-hydrogen) atoms. The van der Waals surface area contributed by atoms with Gasteiger partial charge in [0, 0.05) is 88.3 Å². The maximum atomic E-state index is 5.84. The second kappa shape index (κ2) is 27.6. The molecule has 0 radical (unpaired) electrons. The summed E-state index contributed by atoms with van der Waals surface area (Å²) in [4.78, 5) is 6.92. The Morgan fingerprint density at radius 1 is 0.315 bits per heavy atom. The molecule has 0 amide bonds. The molecule has 0 aliphatic carbocycles. The van der Waals surface area contributed by atoms with Crippen LogP contribution in [0, 0.1) is 0 Å². The minimum atomic E-state index is 0.538. The standard InChI is InChI=1S/2C15H15N.2C15H14O.C14H17N.C11H14O2/c1-10(2)11-7-8-15-13(9-11)12-5-3-4-6-14(12)16-15;1-10(2)11-7-8-13-12-5-3-4-6-14(12)16-15(13)9-11;1-10(2)11-7-8-15-13(9-11)12-5-3-4-6-14(12)16-15;1-10(2)11-7-8-13-12-5-3-4-6-14(12)16-15(13)9-11;1-10(2)12-6-3-7-14-13(12)9-11-5-4-8-15(11)14;1-8(2)9-3-4-10-11(7-9)13-6-5-12-10/h2*3-10,16H,1-2H3;2*3-10H,1-2H3;3,6-7,9-10H,4-5,8H2,1-2H3;3-4,7-8H,5-6H2,1-2H3. The third kappa shape index (κ3) is 13.5. The van der Waals surface area contributed by atoms with Crippen LogP contribution in [0.25, 0.3) is 98.4 Å². The van der Waals surface area contributed by atoms with E-state index in [9.17, 15) is 0 Å². The van der Waals surface area contributed by atoms with Crippen LogP contribution >= 0.6 is 0 Å². The van der Waals surface area contributed by atoms with Crippen molar-refractivity contribution < 1.29 is 18.3 Å². The van der Waals surface area contributed by atoms with E-state index in [1.165, 1.54) is 135 Å². The molecular weight excluding hydrogens is 1130 g/mol. The largest absolute Gasteiger partial charge is 0.486 e. The predicted octanol–water partition coefficient (Wildman–Crippen LogP) is 24.6. The lowest BCUT2D eigenvalue weighted by Gasteiger charge is -2.19. The maximum absolute atomic E-state index is 5.84. The Labute approximate surface area is 542 Å². The highest BCUT2D eigenvalue weighted by molar-refractivity contribution is 6.09. The van der Waals surface area contributed by atoms with Gasteiger partial charge in [-0.25, -0.2) is 0 Å². The first-order chi connectivity index (χ1) is 44.6. The molecule has 7 nitrogen and oxygen atoms in total. The van der Waals surface area contributed by atoms with Crippen molar-refractivity contribution in [3.63, 3.8) is 0 Å². The number of rotatable bonds is 6. The monoisotopic (exact) mass is 1220 g/mol. The van der Waals surface area contributed by atoms with E-state index in [1.807, 2.05) is 36.4 Å². The van der Waals surface area contributed by atoms with E-state index in [0.717, 1.165) is 33.8 Å². The number of hydrogen-bond acceptors (Lipinski definition) is 4. The van der Waals surface area contributed by atoms with E-state index in [4.69, 9.17) is 18.3 Å². The molecule has 2 aliphatic heterocycles. The summed E-state index contributed by atoms with van der Waals surface area (Å²) in [5, 5.41) is 11.6. The number of para-hydroxylation sites is 4. The predicted molar refractivity (Wildman–Crippen MR) is 391 cm³/mol. The molecule has 15 aromatic rings. The Hall–Kier alpha value is -9.46. The average Bonchev–Trinajstić information content (AvgIpc) is 1.88. The quantitative estimate of drug-likeness (QED) is 0.174. The summed E-state index contributed by atoms with van der Waals surface area (Å²) < 4.78 is 25.0. The first kappa shape index (κ1) is 62.7. The molecule has 10 aromatic carbocycles. The third-order valence-corrected chi connectivity index (χ3v) is 18.3. The topological polar surface area (TPSA) is 81.2 Å². The van der Waals surface area contributed by atoms with Crippen LogP contribution in [0.2, 0.25) is 0 Å². The van der Waals surface area contributed by atoms with E-state index < -0.39 is 0 Å². The molecule has 0 atom stereocenters. The van der Waals surface area contributed by atoms with Gasteiger partial charge in [0.05, 0.1) is 0 Å². The third-order valence-electron chi connectivity index (χ3n) is 18.3. The maximum Gasteiger partial charge on any atom is 0.161 e. The van der Waals surface area contributed by atoms with Crippen molar-refractivity contribution >= 4 is 98.4 Å². The summed E-state index contributed by atoms with van der Waals surface area (Å²) in [7, 11) is 0. The first-order valence-corrected chi connectivity index (χ1v) is 33.4. The SMILES string of the molecule is CC(C)c1ccc2[nH]c3ccccc3c2c1.CC(C)c1ccc2c(c1)OCCO2.CC(C)c1ccc2c(c1)[nH]c1ccccc12.CC(C)c1ccc2c(c1)oc1ccccc12.CC(C)c1ccc2oc3ccccc3c2c1.CC(C)c1cccc2c1cc1n2CCC1. The number of nitrogens with one attached hydrogen (secondary N) is 2. The lowest BCUT2D eigenvalue weighted by atomic mass is 9.99. The van der Waals surface area contributed by atoms with E-state index in [-0.39, 0.29) is 0 Å². The van der Waals surface area contributed by atoms with E-state index >= 15 is 0 Å². The summed E-state index contributed by atoms with van der Waals surface area (Å²) >= 11 is 0. The van der Waals surface area contributed by atoms with Crippen LogP contribution in [0.15, 0.2) is 221 Å². The summed E-state index contributed by atoms with van der Waals surface area (Å²) in [6.07, 6.45) is 2.57. The number of H-pyrrole nitrogens is 2. The van der Waals surface area contributed by atoms with Gasteiger partial charge >= 0.3 is 0 Å². The fourth-order valence-electron chi connectivity index (χ4n) is 12.8. The number of nitrogens with zero attached hydrogens (tertiary/aromatic N) is 1. The van der Waals surface area contributed by atoms with Gasteiger partial charge in [-0.1, -0.05) is 210 Å². The highest BCUT2D eigenvalue weighted by Gasteiger charge is 2.18. The number of fused-ring (bicyclic) bond motifs is 16. The molecule has 0 bridgehead atoms. The fraction of sp³-hybridized carbons (Fsp3) is 0.271. The smallest absolute Gasteiger partial charge is 0.161 e. The number of aromatic nitrogens is 3. The first-order valence-electron chi connectivity index (χ1n) is 33.4. The Bertz CT molecular complexity index is 4770. The van der Waals surface area contributed by atoms with Crippen molar-refractivity contribution in [2.24, 2.45) is 0 Å². The van der Waals surface area contributed by atoms with Crippen molar-refractivity contribution in [1.82, 2.24) is 14.5 Å². The van der Waals surface area contributed by atoms with Gasteiger partial charge in [-0.3, -0.25) is 0 Å². The Balaban J connectivity index is 0.000000107. The molecule has 468 valence electrons. The summed E-state index contributed by atoms with van der Waals surface area (Å²) in [5.74, 6) is 5.17. The van der Waals surface area contributed by atoms with E-state index in [2.05, 4.69) is 274 Å². The molecule has 7 heteroatoms. The van der Waals surface area contributed by atoms with Gasteiger partial charge in [0.25, 0.3) is 0 Å². The number of aromatic amines is 2. The molecule has 0 saturated heterocycles. The van der Waals surface area contributed by atoms with Gasteiger partial charge in [-0.15, -0.1) is 0 Å². The zero-order valence-corrected chi connectivity index (χ0v) is 55.8. The molecule has 17 rings (SSSR count). The normalized spacial score (nSPS) is 12.7. The average molecular weight is 1220 g/mol. The number of benzene rings is 10. The number of ether oxygens (including phenoxy) is 2. The number of hydrogen-bond donors (Lipinski definition) is 2. The number of furan rings is 2. The van der Waals surface area contributed by atoms with Gasteiger partial charge in [-0.2, -0.15) is 0 Å². The zero-order chi connectivity index (χ0) is 64.2. The molecule has 0 saturated carbocycles. The molecule has 5 aromatic heterocycles. The van der Waals surface area contributed by atoms with Gasteiger partial charge in [-0.05, 0) is 167 Å². The molecule has 0 spiro atoms. The van der Waals surface area contributed by atoms with Crippen LogP contribution in [0.3, 0.4) is 0 Å². The van der Waals surface area contributed by atoms with Crippen molar-refractivity contribution in [2.45, 2.75) is 138 Å². The minimum Gasteiger partial charge on any atom is -0.486 e. The molecule has 7 heterocycles. The highest BCUT2D eigenvalue weighted by atomic mass is 16.6. The van der Waals surface area contributed by atoms with Crippen molar-refractivity contribution in [3.05, 3.63) is 251 Å². The molecule has 2 aliphatic rings. The lowest BCUT2D eigenvalue weighted by Crippen LogP contribution is -2.15. The van der Waals surface area contributed by atoms with Gasteiger partial charge in [0.15, 0.2) is 11.5 Å².